The highest BCUT2D eigenvalue weighted by Crippen LogP contribution is 2.36. The van der Waals surface area contributed by atoms with Crippen LogP contribution in [0.1, 0.15) is 44.9 Å². The first-order valence-electron chi connectivity index (χ1n) is 15.1. The van der Waals surface area contributed by atoms with Gasteiger partial charge in [0, 0.05) is 22.7 Å². The van der Waals surface area contributed by atoms with Gasteiger partial charge in [0.1, 0.15) is 6.54 Å². The molecule has 13 heteroatoms. The minimum atomic E-state index is -0.897. The molecule has 0 radical (unpaired) electrons. The summed E-state index contributed by atoms with van der Waals surface area (Å²) in [6.07, 6.45) is 3.58. The summed E-state index contributed by atoms with van der Waals surface area (Å²) in [5, 5.41) is 0.853. The quantitative estimate of drug-likeness (QED) is 0.166. The molecule has 5 rings (SSSR count). The molecular formula is C34H35N3O9S. The van der Waals surface area contributed by atoms with Gasteiger partial charge >= 0.3 is 17.9 Å². The van der Waals surface area contributed by atoms with Crippen LogP contribution < -0.4 is 24.4 Å². The van der Waals surface area contributed by atoms with Gasteiger partial charge in [-0.25, -0.2) is 14.6 Å². The molecule has 47 heavy (non-hydrogen) atoms. The van der Waals surface area contributed by atoms with Crippen molar-refractivity contribution in [2.75, 3.05) is 33.5 Å². The molecule has 0 spiro atoms. The number of benzene rings is 2. The number of rotatable bonds is 12. The number of ether oxygens (including phenoxy) is 5. The van der Waals surface area contributed by atoms with Crippen LogP contribution in [0, 0.1) is 0 Å². The van der Waals surface area contributed by atoms with E-state index >= 15 is 0 Å². The number of methoxy groups -OCH3 is 1. The molecule has 12 nitrogen and oxygen atoms in total. The van der Waals surface area contributed by atoms with E-state index in [0.717, 1.165) is 16.5 Å². The van der Waals surface area contributed by atoms with Crippen molar-refractivity contribution in [1.82, 2.24) is 9.13 Å². The Labute approximate surface area is 274 Å². The van der Waals surface area contributed by atoms with Crippen molar-refractivity contribution in [3.05, 3.63) is 90.7 Å². The number of esters is 3. The normalized spacial score (nSPS) is 14.4. The van der Waals surface area contributed by atoms with E-state index in [9.17, 15) is 19.2 Å². The first-order chi connectivity index (χ1) is 22.7. The summed E-state index contributed by atoms with van der Waals surface area (Å²) in [4.78, 5) is 56.7. The summed E-state index contributed by atoms with van der Waals surface area (Å²) in [6, 6.07) is 11.7. The van der Waals surface area contributed by atoms with Gasteiger partial charge in [0.25, 0.3) is 5.56 Å². The number of hydrogen-bond acceptors (Lipinski definition) is 11. The third kappa shape index (κ3) is 6.85. The molecule has 0 bridgehead atoms. The number of allylic oxidation sites excluding steroid dienone is 1. The van der Waals surface area contributed by atoms with Crippen molar-refractivity contribution in [2.24, 2.45) is 4.99 Å². The lowest BCUT2D eigenvalue weighted by Crippen LogP contribution is -2.40. The van der Waals surface area contributed by atoms with E-state index < -0.39 is 18.0 Å². The second kappa shape index (κ2) is 14.5. The number of nitrogens with zero attached hydrogens (tertiary/aromatic N) is 3. The van der Waals surface area contributed by atoms with Crippen LogP contribution in [0.5, 0.6) is 11.5 Å². The monoisotopic (exact) mass is 661 g/mol. The van der Waals surface area contributed by atoms with Crippen LogP contribution in [0.3, 0.4) is 0 Å². The number of carbonyl (C=O) groups excluding carboxylic acids is 3. The van der Waals surface area contributed by atoms with E-state index in [2.05, 4.69) is 9.73 Å². The molecule has 246 valence electrons. The Kier molecular flexibility index (Phi) is 10.2. The summed E-state index contributed by atoms with van der Waals surface area (Å²) in [6.45, 7) is 7.37. The zero-order chi connectivity index (χ0) is 33.7. The van der Waals surface area contributed by atoms with Crippen LogP contribution in [0.25, 0.3) is 17.0 Å². The smallest absolute Gasteiger partial charge is 0.343 e. The molecule has 0 aliphatic carbocycles. The predicted octanol–water partition coefficient (Wildman–Crippen LogP) is 3.27. The zero-order valence-corrected chi connectivity index (χ0v) is 27.5. The van der Waals surface area contributed by atoms with Crippen molar-refractivity contribution in [1.29, 1.82) is 0 Å². The van der Waals surface area contributed by atoms with Crippen molar-refractivity contribution in [3.8, 4) is 11.5 Å². The van der Waals surface area contributed by atoms with Crippen LogP contribution in [0.15, 0.2) is 69.7 Å². The Morgan fingerprint density at radius 1 is 0.957 bits per heavy atom. The highest BCUT2D eigenvalue weighted by atomic mass is 32.1. The lowest BCUT2D eigenvalue weighted by atomic mass is 9.95. The number of aromatic nitrogens is 2. The van der Waals surface area contributed by atoms with E-state index in [4.69, 9.17) is 18.9 Å². The van der Waals surface area contributed by atoms with E-state index in [1.807, 2.05) is 30.5 Å². The molecule has 2 aromatic carbocycles. The second-order valence-electron chi connectivity index (χ2n) is 10.3. The predicted molar refractivity (Wildman–Crippen MR) is 174 cm³/mol. The molecule has 0 amide bonds. The fourth-order valence-electron chi connectivity index (χ4n) is 5.39. The van der Waals surface area contributed by atoms with Crippen molar-refractivity contribution < 1.29 is 38.1 Å². The van der Waals surface area contributed by atoms with Gasteiger partial charge in [0.15, 0.2) is 22.9 Å². The summed E-state index contributed by atoms with van der Waals surface area (Å²) in [5.41, 5.74) is 2.36. The van der Waals surface area contributed by atoms with Gasteiger partial charge in [-0.2, -0.15) is 0 Å². The highest BCUT2D eigenvalue weighted by molar-refractivity contribution is 7.07. The maximum absolute atomic E-state index is 14.2. The zero-order valence-electron chi connectivity index (χ0n) is 26.7. The van der Waals surface area contributed by atoms with Gasteiger partial charge in [-0.15, -0.1) is 0 Å². The Morgan fingerprint density at radius 3 is 2.45 bits per heavy atom. The largest absolute Gasteiger partial charge is 0.490 e. The molecular weight excluding hydrogens is 626 g/mol. The van der Waals surface area contributed by atoms with Crippen LogP contribution in [-0.4, -0.2) is 60.6 Å². The third-order valence-electron chi connectivity index (χ3n) is 7.38. The van der Waals surface area contributed by atoms with Gasteiger partial charge in [-0.05, 0) is 57.5 Å². The molecule has 0 saturated carbocycles. The molecule has 4 aromatic rings. The minimum absolute atomic E-state index is 0.0209. The summed E-state index contributed by atoms with van der Waals surface area (Å²) < 4.78 is 30.4. The minimum Gasteiger partial charge on any atom is -0.490 e. The second-order valence-corrected chi connectivity index (χ2v) is 11.3. The molecule has 0 unspecified atom stereocenters. The fraction of sp³-hybridized carbons (Fsp3) is 0.324. The van der Waals surface area contributed by atoms with Crippen LogP contribution >= 0.6 is 11.3 Å². The topological polar surface area (TPSA) is 137 Å². The summed E-state index contributed by atoms with van der Waals surface area (Å²) in [5.74, 6) is -0.904. The van der Waals surface area contributed by atoms with Crippen LogP contribution in [0.4, 0.5) is 0 Å². The van der Waals surface area contributed by atoms with Crippen molar-refractivity contribution >= 4 is 46.2 Å². The Balaban J connectivity index is 1.67. The standard InChI is InChI=1S/C34H35N3O9S/c1-6-43-26-15-21(13-14-25(26)46-19-29(39)42-5)31-30(33(41)45-8-3)20(4)35-34-37(31)32(40)27(47-34)16-22-17-36(18-28(38)44-7-2)24-12-10-9-11-23(22)24/h9-17,31H,6-8,18-19H2,1-5H3/b27-16+/t31-/m1/s1. The van der Waals surface area contributed by atoms with E-state index in [0.29, 0.717) is 38.7 Å². The Hall–Kier alpha value is -5.17. The molecule has 1 aliphatic rings. The van der Waals surface area contributed by atoms with Crippen LogP contribution in [-0.2, 0) is 35.1 Å². The average molecular weight is 662 g/mol. The summed E-state index contributed by atoms with van der Waals surface area (Å²) >= 11 is 1.19. The lowest BCUT2D eigenvalue weighted by Gasteiger charge is -2.25. The average Bonchev–Trinajstić information content (AvgIpc) is 3.55. The third-order valence-corrected chi connectivity index (χ3v) is 8.37. The summed E-state index contributed by atoms with van der Waals surface area (Å²) in [7, 11) is 1.27. The van der Waals surface area contributed by atoms with Gasteiger partial charge < -0.3 is 28.3 Å². The van der Waals surface area contributed by atoms with Crippen molar-refractivity contribution in [2.45, 2.75) is 40.3 Å². The number of fused-ring (bicyclic) bond motifs is 2. The number of para-hydroxylation sites is 1. The van der Waals surface area contributed by atoms with Crippen molar-refractivity contribution in [3.63, 3.8) is 0 Å². The molecule has 1 aliphatic heterocycles. The maximum Gasteiger partial charge on any atom is 0.343 e. The molecule has 0 saturated heterocycles. The number of hydrogen-bond donors (Lipinski definition) is 0. The van der Waals surface area contributed by atoms with E-state index in [-0.39, 0.29) is 43.5 Å². The number of carbonyl (C=O) groups is 3. The van der Waals surface area contributed by atoms with Gasteiger partial charge in [-0.3, -0.25) is 14.2 Å². The van der Waals surface area contributed by atoms with E-state index in [1.165, 1.54) is 23.0 Å². The lowest BCUT2D eigenvalue weighted by molar-refractivity contribution is -0.144. The molecule has 0 N–H and O–H groups in total. The fourth-order valence-corrected chi connectivity index (χ4v) is 6.43. The molecule has 2 aromatic heterocycles. The Morgan fingerprint density at radius 2 is 1.72 bits per heavy atom. The van der Waals surface area contributed by atoms with Gasteiger partial charge in [0.05, 0.1) is 48.8 Å². The SMILES string of the molecule is CCOC(=O)Cn1cc(/C=c2/sc3n(c2=O)[C@H](c2ccc(OCC(=O)OC)c(OCC)c2)C(C(=O)OCC)=C(C)N=3)c2ccccc21. The number of thiazole rings is 1. The maximum atomic E-state index is 14.2. The van der Waals surface area contributed by atoms with E-state index in [1.54, 1.807) is 56.5 Å². The molecule has 3 heterocycles. The first-order valence-corrected chi connectivity index (χ1v) is 15.9. The molecule has 1 atom stereocenters. The highest BCUT2D eigenvalue weighted by Gasteiger charge is 2.34. The van der Waals surface area contributed by atoms with Crippen LogP contribution in [0.2, 0.25) is 0 Å². The first kappa shape index (κ1) is 33.2. The molecule has 0 fully saturated rings. The van der Waals surface area contributed by atoms with Gasteiger partial charge in [-0.1, -0.05) is 35.6 Å². The Bertz CT molecular complexity index is 2050. The van der Waals surface area contributed by atoms with Gasteiger partial charge in [0.2, 0.25) is 0 Å².